The zero-order valence-corrected chi connectivity index (χ0v) is 16.2. The molecule has 3 heterocycles. The largest absolute Gasteiger partial charge is 0.451 e. The predicted octanol–water partition coefficient (Wildman–Crippen LogP) is 3.93. The molecule has 1 aliphatic rings. The van der Waals surface area contributed by atoms with E-state index in [1.807, 2.05) is 5.38 Å². The highest BCUT2D eigenvalue weighted by Gasteiger charge is 2.25. The van der Waals surface area contributed by atoms with E-state index in [9.17, 15) is 14.9 Å². The molecule has 4 rings (SSSR count). The molecule has 0 saturated carbocycles. The van der Waals surface area contributed by atoms with Gasteiger partial charge in [0.15, 0.2) is 10.9 Å². The van der Waals surface area contributed by atoms with Gasteiger partial charge >= 0.3 is 0 Å². The quantitative estimate of drug-likeness (QED) is 0.470. The normalized spacial score (nSPS) is 14.3. The van der Waals surface area contributed by atoms with E-state index in [4.69, 9.17) is 16.0 Å². The number of halogens is 1. The fraction of sp³-hybridized carbons (Fsp3) is 0.222. The summed E-state index contributed by atoms with van der Waals surface area (Å²) in [4.78, 5) is 31.3. The van der Waals surface area contributed by atoms with Gasteiger partial charge in [-0.3, -0.25) is 14.9 Å². The van der Waals surface area contributed by atoms with E-state index < -0.39 is 4.92 Å². The van der Waals surface area contributed by atoms with E-state index >= 15 is 0 Å². The average Bonchev–Trinajstić information content (AvgIpc) is 3.40. The zero-order valence-electron chi connectivity index (χ0n) is 14.6. The lowest BCUT2D eigenvalue weighted by atomic mass is 10.1. The average molecular weight is 419 g/mol. The monoisotopic (exact) mass is 418 g/mol. The van der Waals surface area contributed by atoms with Crippen LogP contribution in [0.4, 0.5) is 10.8 Å². The summed E-state index contributed by atoms with van der Waals surface area (Å²) in [5.74, 6) is 0.417. The molecule has 0 N–H and O–H groups in total. The standard InChI is InChI=1S/C18H15ClN4O4S/c19-14-11-12(23(25)26)1-2-13(14)15-3-4-16(27-15)17(24)21-6-8-22(9-7-21)18-20-5-10-28-18/h1-5,10-11H,6-9H2. The Morgan fingerprint density at radius 1 is 1.21 bits per heavy atom. The lowest BCUT2D eigenvalue weighted by molar-refractivity contribution is -0.384. The second-order valence-corrected chi connectivity index (χ2v) is 7.46. The van der Waals surface area contributed by atoms with Crippen molar-refractivity contribution >= 4 is 39.7 Å². The fourth-order valence-electron chi connectivity index (χ4n) is 3.04. The summed E-state index contributed by atoms with van der Waals surface area (Å²) >= 11 is 7.72. The third-order valence-corrected chi connectivity index (χ3v) is 5.65. The fourth-order valence-corrected chi connectivity index (χ4v) is 4.01. The van der Waals surface area contributed by atoms with Crippen LogP contribution in [0.3, 0.4) is 0 Å². The van der Waals surface area contributed by atoms with Crippen LogP contribution in [0.25, 0.3) is 11.3 Å². The van der Waals surface area contributed by atoms with Gasteiger partial charge in [0, 0.05) is 55.5 Å². The number of nitro benzene ring substituents is 1. The molecule has 1 fully saturated rings. The third-order valence-electron chi connectivity index (χ3n) is 4.50. The maximum absolute atomic E-state index is 12.7. The SMILES string of the molecule is O=C(c1ccc(-c2ccc([N+](=O)[O-])cc2Cl)o1)N1CCN(c2nccs2)CC1. The Labute approximate surface area is 169 Å². The number of nitro groups is 1. The number of non-ortho nitro benzene ring substituents is 1. The minimum absolute atomic E-state index is 0.102. The highest BCUT2D eigenvalue weighted by Crippen LogP contribution is 2.32. The summed E-state index contributed by atoms with van der Waals surface area (Å²) in [6.45, 7) is 2.57. The Morgan fingerprint density at radius 2 is 2.00 bits per heavy atom. The van der Waals surface area contributed by atoms with Gasteiger partial charge in [-0.05, 0) is 18.2 Å². The highest BCUT2D eigenvalue weighted by atomic mass is 35.5. The lowest BCUT2D eigenvalue weighted by Gasteiger charge is -2.34. The first-order valence-electron chi connectivity index (χ1n) is 8.51. The van der Waals surface area contributed by atoms with Gasteiger partial charge in [-0.2, -0.15) is 0 Å². The number of thiazole rings is 1. The number of anilines is 1. The van der Waals surface area contributed by atoms with Crippen molar-refractivity contribution in [2.45, 2.75) is 0 Å². The Kier molecular flexibility index (Phi) is 5.01. The van der Waals surface area contributed by atoms with Crippen molar-refractivity contribution in [3.63, 3.8) is 0 Å². The van der Waals surface area contributed by atoms with Crippen LogP contribution in [-0.2, 0) is 0 Å². The van der Waals surface area contributed by atoms with E-state index in [0.29, 0.717) is 37.5 Å². The van der Waals surface area contributed by atoms with E-state index in [1.54, 1.807) is 34.6 Å². The van der Waals surface area contributed by atoms with Crippen LogP contribution in [0, 0.1) is 10.1 Å². The van der Waals surface area contributed by atoms with E-state index in [0.717, 1.165) is 5.13 Å². The number of aromatic nitrogens is 1. The topological polar surface area (TPSA) is 92.7 Å². The van der Waals surface area contributed by atoms with Crippen LogP contribution in [0.1, 0.15) is 10.6 Å². The molecule has 0 radical (unpaired) electrons. The van der Waals surface area contributed by atoms with Crippen LogP contribution in [0.15, 0.2) is 46.3 Å². The van der Waals surface area contributed by atoms with Crippen molar-refractivity contribution in [3.05, 3.63) is 62.8 Å². The molecule has 144 valence electrons. The van der Waals surface area contributed by atoms with Crippen LogP contribution in [0.2, 0.25) is 5.02 Å². The minimum Gasteiger partial charge on any atom is -0.451 e. The smallest absolute Gasteiger partial charge is 0.289 e. The zero-order chi connectivity index (χ0) is 19.7. The Hall–Kier alpha value is -2.91. The molecule has 0 aliphatic carbocycles. The summed E-state index contributed by atoms with van der Waals surface area (Å²) in [6, 6.07) is 7.37. The molecule has 0 bridgehead atoms. The van der Waals surface area contributed by atoms with Gasteiger partial charge in [-0.1, -0.05) is 11.6 Å². The summed E-state index contributed by atoms with van der Waals surface area (Å²) < 4.78 is 5.70. The number of amides is 1. The first-order valence-corrected chi connectivity index (χ1v) is 9.76. The Bertz CT molecular complexity index is 1010. The van der Waals surface area contributed by atoms with Gasteiger partial charge in [0.1, 0.15) is 5.76 Å². The number of benzene rings is 1. The maximum atomic E-state index is 12.7. The molecular weight excluding hydrogens is 404 g/mol. The minimum atomic E-state index is -0.516. The molecule has 3 aromatic rings. The lowest BCUT2D eigenvalue weighted by Crippen LogP contribution is -2.48. The number of hydrogen-bond donors (Lipinski definition) is 0. The van der Waals surface area contributed by atoms with Gasteiger partial charge in [0.05, 0.1) is 9.95 Å². The van der Waals surface area contributed by atoms with Crippen LogP contribution >= 0.6 is 22.9 Å². The van der Waals surface area contributed by atoms with Gasteiger partial charge < -0.3 is 14.2 Å². The number of carbonyl (C=O) groups is 1. The maximum Gasteiger partial charge on any atom is 0.289 e. The van der Waals surface area contributed by atoms with Crippen molar-refractivity contribution in [3.8, 4) is 11.3 Å². The van der Waals surface area contributed by atoms with Gasteiger partial charge in [0.2, 0.25) is 0 Å². The van der Waals surface area contributed by atoms with E-state index in [-0.39, 0.29) is 22.4 Å². The molecule has 0 atom stereocenters. The number of rotatable bonds is 4. The Balaban J connectivity index is 1.46. The van der Waals surface area contributed by atoms with Crippen molar-refractivity contribution < 1.29 is 14.1 Å². The van der Waals surface area contributed by atoms with Gasteiger partial charge in [-0.15, -0.1) is 11.3 Å². The van der Waals surface area contributed by atoms with Crippen LogP contribution < -0.4 is 4.90 Å². The molecule has 10 heteroatoms. The van der Waals surface area contributed by atoms with Gasteiger partial charge in [0.25, 0.3) is 11.6 Å². The molecular formula is C18H15ClN4O4S. The predicted molar refractivity (Wildman–Crippen MR) is 106 cm³/mol. The van der Waals surface area contributed by atoms with Crippen molar-refractivity contribution in [2.75, 3.05) is 31.1 Å². The molecule has 1 amide bonds. The molecule has 8 nitrogen and oxygen atoms in total. The molecule has 1 aliphatic heterocycles. The number of nitrogens with zero attached hydrogens (tertiary/aromatic N) is 4. The third kappa shape index (κ3) is 3.58. The van der Waals surface area contributed by atoms with E-state index in [2.05, 4.69) is 9.88 Å². The number of furan rings is 1. The first kappa shape index (κ1) is 18.5. The summed E-state index contributed by atoms with van der Waals surface area (Å²) in [5.41, 5.74) is 0.398. The molecule has 1 aromatic carbocycles. The number of carbonyl (C=O) groups excluding carboxylic acids is 1. The van der Waals surface area contributed by atoms with Gasteiger partial charge in [-0.25, -0.2) is 4.98 Å². The molecule has 0 unspecified atom stereocenters. The first-order chi connectivity index (χ1) is 13.5. The number of hydrogen-bond acceptors (Lipinski definition) is 7. The van der Waals surface area contributed by atoms with Crippen molar-refractivity contribution in [1.82, 2.24) is 9.88 Å². The highest BCUT2D eigenvalue weighted by molar-refractivity contribution is 7.13. The number of piperazine rings is 1. The molecule has 2 aromatic heterocycles. The van der Waals surface area contributed by atoms with Crippen LogP contribution in [-0.4, -0.2) is 46.9 Å². The molecule has 0 spiro atoms. The molecule has 1 saturated heterocycles. The van der Waals surface area contributed by atoms with Crippen LogP contribution in [0.5, 0.6) is 0 Å². The van der Waals surface area contributed by atoms with Crippen molar-refractivity contribution in [2.24, 2.45) is 0 Å². The summed E-state index contributed by atoms with van der Waals surface area (Å²) in [7, 11) is 0. The second-order valence-electron chi connectivity index (χ2n) is 6.18. The summed E-state index contributed by atoms with van der Waals surface area (Å²) in [5, 5.41) is 13.9. The van der Waals surface area contributed by atoms with E-state index in [1.165, 1.54) is 18.2 Å². The molecule has 28 heavy (non-hydrogen) atoms. The van der Waals surface area contributed by atoms with Crippen molar-refractivity contribution in [1.29, 1.82) is 0 Å². The Morgan fingerprint density at radius 3 is 2.64 bits per heavy atom. The summed E-state index contributed by atoms with van der Waals surface area (Å²) in [6.07, 6.45) is 1.77. The second kappa shape index (κ2) is 7.61.